The Morgan fingerprint density at radius 2 is 2.04 bits per heavy atom. The predicted molar refractivity (Wildman–Crippen MR) is 92.1 cm³/mol. The Bertz CT molecular complexity index is 674. The largest absolute Gasteiger partial charge is 0.493 e. The summed E-state index contributed by atoms with van der Waals surface area (Å²) in [5.41, 5.74) is 0. The molecule has 0 unspecified atom stereocenters. The van der Waals surface area contributed by atoms with Crippen molar-refractivity contribution in [2.45, 2.75) is 26.3 Å². The Kier molecular flexibility index (Phi) is 6.00. The van der Waals surface area contributed by atoms with Crippen LogP contribution in [0.4, 0.5) is 0 Å². The highest BCUT2D eigenvalue weighted by Crippen LogP contribution is 2.11. The topological polar surface area (TPSA) is 71.7 Å². The van der Waals surface area contributed by atoms with Gasteiger partial charge in [-0.3, -0.25) is 9.69 Å². The lowest BCUT2D eigenvalue weighted by Gasteiger charge is -2.21. The minimum Gasteiger partial charge on any atom is -0.493 e. The molecule has 3 rings (SSSR count). The fourth-order valence-corrected chi connectivity index (χ4v) is 2.91. The number of rotatable bonds is 6. The molecule has 2 aromatic rings. The Labute approximate surface area is 147 Å². The van der Waals surface area contributed by atoms with Gasteiger partial charge in [0.2, 0.25) is 11.8 Å². The van der Waals surface area contributed by atoms with E-state index in [1.807, 2.05) is 42.2 Å². The number of para-hydroxylation sites is 1. The maximum Gasteiger partial charge on any atom is 0.240 e. The summed E-state index contributed by atoms with van der Waals surface area (Å²) in [7, 11) is 0. The van der Waals surface area contributed by atoms with Crippen molar-refractivity contribution in [2.75, 3.05) is 32.8 Å². The fraction of sp³-hybridized carbons (Fsp3) is 0.500. The highest BCUT2D eigenvalue weighted by atomic mass is 16.5. The van der Waals surface area contributed by atoms with Gasteiger partial charge in [0.05, 0.1) is 19.6 Å². The molecule has 0 N–H and O–H groups in total. The maximum atomic E-state index is 12.4. The monoisotopic (exact) mass is 344 g/mol. The molecule has 0 spiro atoms. The van der Waals surface area contributed by atoms with E-state index in [0.29, 0.717) is 31.3 Å². The predicted octanol–water partition coefficient (Wildman–Crippen LogP) is 1.88. The summed E-state index contributed by atoms with van der Waals surface area (Å²) < 4.78 is 10.8. The van der Waals surface area contributed by atoms with Crippen LogP contribution in [0.3, 0.4) is 0 Å². The Balaban J connectivity index is 1.41. The van der Waals surface area contributed by atoms with Crippen LogP contribution in [-0.4, -0.2) is 58.6 Å². The molecule has 7 nitrogen and oxygen atoms in total. The van der Waals surface area contributed by atoms with E-state index in [1.54, 1.807) is 0 Å². The summed E-state index contributed by atoms with van der Waals surface area (Å²) >= 11 is 0. The van der Waals surface area contributed by atoms with E-state index in [1.165, 1.54) is 0 Å². The Morgan fingerprint density at radius 3 is 2.80 bits per heavy atom. The zero-order valence-corrected chi connectivity index (χ0v) is 14.6. The molecule has 1 aromatic carbocycles. The molecule has 0 saturated carbocycles. The Hall–Kier alpha value is -2.41. The summed E-state index contributed by atoms with van der Waals surface area (Å²) in [5.74, 6) is 2.23. The van der Waals surface area contributed by atoms with Crippen molar-refractivity contribution in [1.82, 2.24) is 19.9 Å². The standard InChI is InChI=1S/C18H24N4O3/c1-15-19-17(25-20-15)14-21-9-5-10-22(12-11-21)18(23)8-13-24-16-6-3-2-4-7-16/h2-4,6-7H,5,8-14H2,1H3. The lowest BCUT2D eigenvalue weighted by atomic mass is 10.3. The van der Waals surface area contributed by atoms with Crippen molar-refractivity contribution in [1.29, 1.82) is 0 Å². The lowest BCUT2D eigenvalue weighted by Crippen LogP contribution is -2.35. The minimum atomic E-state index is 0.145. The number of benzene rings is 1. The molecule has 1 fully saturated rings. The summed E-state index contributed by atoms with van der Waals surface area (Å²) in [6.45, 7) is 6.09. The molecule has 0 bridgehead atoms. The van der Waals surface area contributed by atoms with Gasteiger partial charge < -0.3 is 14.2 Å². The highest BCUT2D eigenvalue weighted by molar-refractivity contribution is 5.76. The molecule has 25 heavy (non-hydrogen) atoms. The molecule has 134 valence electrons. The highest BCUT2D eigenvalue weighted by Gasteiger charge is 2.20. The van der Waals surface area contributed by atoms with Crippen molar-refractivity contribution in [3.05, 3.63) is 42.0 Å². The first-order valence-corrected chi connectivity index (χ1v) is 8.68. The van der Waals surface area contributed by atoms with Gasteiger partial charge in [-0.05, 0) is 25.5 Å². The first-order chi connectivity index (χ1) is 12.2. The SMILES string of the molecule is Cc1noc(CN2CCCN(C(=O)CCOc3ccccc3)CC2)n1. The van der Waals surface area contributed by atoms with E-state index >= 15 is 0 Å². The van der Waals surface area contributed by atoms with Crippen molar-refractivity contribution in [2.24, 2.45) is 0 Å². The van der Waals surface area contributed by atoms with Crippen LogP contribution in [0.1, 0.15) is 24.6 Å². The van der Waals surface area contributed by atoms with Gasteiger partial charge in [0, 0.05) is 26.2 Å². The van der Waals surface area contributed by atoms with E-state index in [9.17, 15) is 4.79 Å². The quantitative estimate of drug-likeness (QED) is 0.797. The van der Waals surface area contributed by atoms with E-state index in [2.05, 4.69) is 15.0 Å². The molecule has 1 aliphatic rings. The number of amides is 1. The average Bonchev–Trinajstić information content (AvgIpc) is 2.89. The van der Waals surface area contributed by atoms with Gasteiger partial charge in [0.15, 0.2) is 5.82 Å². The van der Waals surface area contributed by atoms with E-state index in [0.717, 1.165) is 38.3 Å². The summed E-state index contributed by atoms with van der Waals surface area (Å²) in [4.78, 5) is 20.8. The summed E-state index contributed by atoms with van der Waals surface area (Å²) in [6.07, 6.45) is 1.34. The molecule has 0 radical (unpaired) electrons. The van der Waals surface area contributed by atoms with Crippen LogP contribution < -0.4 is 4.74 Å². The van der Waals surface area contributed by atoms with Gasteiger partial charge in [-0.2, -0.15) is 4.98 Å². The summed E-state index contributed by atoms with van der Waals surface area (Å²) in [5, 5.41) is 3.82. The van der Waals surface area contributed by atoms with Crippen molar-refractivity contribution in [3.8, 4) is 5.75 Å². The molecule has 0 atom stereocenters. The van der Waals surface area contributed by atoms with Crippen LogP contribution in [0.5, 0.6) is 5.75 Å². The first kappa shape index (κ1) is 17.4. The molecule has 7 heteroatoms. The van der Waals surface area contributed by atoms with Gasteiger partial charge in [-0.15, -0.1) is 0 Å². The lowest BCUT2D eigenvalue weighted by molar-refractivity contribution is -0.131. The molecule has 1 saturated heterocycles. The zero-order chi connectivity index (χ0) is 17.5. The Morgan fingerprint density at radius 1 is 1.20 bits per heavy atom. The van der Waals surface area contributed by atoms with Gasteiger partial charge >= 0.3 is 0 Å². The first-order valence-electron chi connectivity index (χ1n) is 8.68. The van der Waals surface area contributed by atoms with E-state index < -0.39 is 0 Å². The molecule has 1 amide bonds. The smallest absolute Gasteiger partial charge is 0.240 e. The number of carbonyl (C=O) groups is 1. The number of carbonyl (C=O) groups excluding carboxylic acids is 1. The van der Waals surface area contributed by atoms with Crippen LogP contribution in [0.25, 0.3) is 0 Å². The van der Waals surface area contributed by atoms with Crippen molar-refractivity contribution >= 4 is 5.91 Å². The molecule has 0 aliphatic carbocycles. The fourth-order valence-electron chi connectivity index (χ4n) is 2.91. The molecular formula is C18H24N4O3. The second-order valence-corrected chi connectivity index (χ2v) is 6.16. The number of aromatic nitrogens is 2. The molecular weight excluding hydrogens is 320 g/mol. The molecule has 2 heterocycles. The van der Waals surface area contributed by atoms with Gasteiger partial charge in [0.1, 0.15) is 5.75 Å². The number of ether oxygens (including phenoxy) is 1. The van der Waals surface area contributed by atoms with Gasteiger partial charge in [-0.1, -0.05) is 23.4 Å². The number of hydrogen-bond donors (Lipinski definition) is 0. The maximum absolute atomic E-state index is 12.4. The molecule has 1 aromatic heterocycles. The third-order valence-electron chi connectivity index (χ3n) is 4.20. The van der Waals surface area contributed by atoms with Gasteiger partial charge in [0.25, 0.3) is 0 Å². The number of aryl methyl sites for hydroxylation is 1. The third-order valence-corrected chi connectivity index (χ3v) is 4.20. The van der Waals surface area contributed by atoms with Gasteiger partial charge in [-0.25, -0.2) is 0 Å². The third kappa shape index (κ3) is 5.29. The second-order valence-electron chi connectivity index (χ2n) is 6.16. The van der Waals surface area contributed by atoms with Crippen LogP contribution >= 0.6 is 0 Å². The average molecular weight is 344 g/mol. The zero-order valence-electron chi connectivity index (χ0n) is 14.6. The summed E-state index contributed by atoms with van der Waals surface area (Å²) in [6, 6.07) is 9.58. The minimum absolute atomic E-state index is 0.145. The van der Waals surface area contributed by atoms with E-state index in [4.69, 9.17) is 9.26 Å². The van der Waals surface area contributed by atoms with Crippen LogP contribution in [0.15, 0.2) is 34.9 Å². The number of hydrogen-bond acceptors (Lipinski definition) is 6. The normalized spacial score (nSPS) is 15.8. The van der Waals surface area contributed by atoms with Crippen LogP contribution in [-0.2, 0) is 11.3 Å². The van der Waals surface area contributed by atoms with Crippen LogP contribution in [0.2, 0.25) is 0 Å². The van der Waals surface area contributed by atoms with Crippen LogP contribution in [0, 0.1) is 6.92 Å². The molecule has 1 aliphatic heterocycles. The second kappa shape index (κ2) is 8.62. The van der Waals surface area contributed by atoms with E-state index in [-0.39, 0.29) is 5.91 Å². The number of nitrogens with zero attached hydrogens (tertiary/aromatic N) is 4. The van der Waals surface area contributed by atoms with Crippen molar-refractivity contribution < 1.29 is 14.1 Å². The van der Waals surface area contributed by atoms with Crippen molar-refractivity contribution in [3.63, 3.8) is 0 Å².